The Balaban J connectivity index is 1.45. The van der Waals surface area contributed by atoms with Crippen LogP contribution in [0.2, 0.25) is 5.02 Å². The fraction of sp³-hybridized carbons (Fsp3) is 0.414. The molecule has 5 heterocycles. The average molecular weight is 614 g/mol. The number of thiophene rings is 1. The Morgan fingerprint density at radius 1 is 1.24 bits per heavy atom. The topological polar surface area (TPSA) is 96.3 Å². The van der Waals surface area contributed by atoms with Gasteiger partial charge in [-0.3, -0.25) is 4.90 Å². The van der Waals surface area contributed by atoms with Crippen LogP contribution in [-0.2, 0) is 4.74 Å². The van der Waals surface area contributed by atoms with Crippen molar-refractivity contribution in [3.63, 3.8) is 0 Å². The second-order valence-corrected chi connectivity index (χ2v) is 12.3. The van der Waals surface area contributed by atoms with Crippen molar-refractivity contribution in [3.8, 4) is 28.8 Å². The Bertz CT molecular complexity index is 1790. The predicted octanol–water partition coefficient (Wildman–Crippen LogP) is 6.22. The SMILES string of the molecule is [C-]#[N+]c1c(N)sc2c(F)ccc(-c3c(Cl)c4c5c(nc(O[C@@H](C)[C@@H]6CCCN6C)nc5c3F)OC(C3COC3)CO4)c12. The third-order valence-electron chi connectivity index (χ3n) is 8.36. The zero-order valence-corrected chi connectivity index (χ0v) is 24.3. The van der Waals surface area contributed by atoms with Gasteiger partial charge in [0.2, 0.25) is 11.6 Å². The van der Waals surface area contributed by atoms with Gasteiger partial charge in [0.15, 0.2) is 11.6 Å². The van der Waals surface area contributed by atoms with E-state index in [-0.39, 0.29) is 90.1 Å². The second-order valence-electron chi connectivity index (χ2n) is 10.9. The first kappa shape index (κ1) is 27.3. The van der Waals surface area contributed by atoms with E-state index in [0.29, 0.717) is 13.2 Å². The number of hydrogen-bond donors (Lipinski definition) is 1. The molecule has 0 amide bonds. The normalized spacial score (nSPS) is 21.4. The number of halogens is 3. The summed E-state index contributed by atoms with van der Waals surface area (Å²) in [4.78, 5) is 14.8. The number of benzene rings is 2. The number of anilines is 1. The van der Waals surface area contributed by atoms with Gasteiger partial charge in [-0.2, -0.15) is 9.97 Å². The van der Waals surface area contributed by atoms with E-state index in [4.69, 9.17) is 42.9 Å². The molecule has 2 N–H and O–H groups in total. The number of nitrogens with two attached hydrogens (primary N) is 1. The summed E-state index contributed by atoms with van der Waals surface area (Å²) in [6.45, 7) is 11.7. The molecule has 3 aliphatic heterocycles. The zero-order valence-electron chi connectivity index (χ0n) is 22.7. The van der Waals surface area contributed by atoms with Crippen LogP contribution in [0, 0.1) is 24.1 Å². The van der Waals surface area contributed by atoms with Crippen molar-refractivity contribution in [2.75, 3.05) is 39.1 Å². The maximum absolute atomic E-state index is 16.8. The van der Waals surface area contributed by atoms with Gasteiger partial charge in [0.05, 0.1) is 34.5 Å². The van der Waals surface area contributed by atoms with Gasteiger partial charge in [0.25, 0.3) is 0 Å². The van der Waals surface area contributed by atoms with Crippen molar-refractivity contribution in [3.05, 3.63) is 40.2 Å². The molecule has 0 radical (unpaired) electrons. The summed E-state index contributed by atoms with van der Waals surface area (Å²) < 4.78 is 55.8. The number of aromatic nitrogens is 2. The summed E-state index contributed by atoms with van der Waals surface area (Å²) >= 11 is 7.84. The van der Waals surface area contributed by atoms with Gasteiger partial charge in [0, 0.05) is 22.9 Å². The number of ether oxygens (including phenoxy) is 4. The van der Waals surface area contributed by atoms with E-state index in [1.165, 1.54) is 12.1 Å². The molecule has 218 valence electrons. The lowest BCUT2D eigenvalue weighted by Gasteiger charge is -2.32. The minimum Gasteiger partial charge on any atom is -0.487 e. The molecule has 4 aromatic rings. The maximum Gasteiger partial charge on any atom is 0.320 e. The van der Waals surface area contributed by atoms with E-state index in [9.17, 15) is 4.39 Å². The second kappa shape index (κ2) is 10.3. The summed E-state index contributed by atoms with van der Waals surface area (Å²) in [5, 5.41) is 0.416. The molecule has 2 fully saturated rings. The predicted molar refractivity (Wildman–Crippen MR) is 156 cm³/mol. The molecule has 13 heteroatoms. The highest BCUT2D eigenvalue weighted by Gasteiger charge is 2.37. The lowest BCUT2D eigenvalue weighted by Crippen LogP contribution is -2.44. The van der Waals surface area contributed by atoms with Crippen molar-refractivity contribution >= 4 is 54.6 Å². The Hall–Kier alpha value is -3.50. The van der Waals surface area contributed by atoms with Crippen LogP contribution in [0.1, 0.15) is 19.8 Å². The number of nitrogens with zero attached hydrogens (tertiary/aromatic N) is 4. The molecule has 3 atom stereocenters. The number of rotatable bonds is 5. The molecule has 2 aromatic heterocycles. The Morgan fingerprint density at radius 2 is 2.05 bits per heavy atom. The highest BCUT2D eigenvalue weighted by Crippen LogP contribution is 2.52. The fourth-order valence-corrected chi connectivity index (χ4v) is 7.32. The number of likely N-dealkylation sites (N-methyl/N-ethyl adjacent to an activating group) is 1. The lowest BCUT2D eigenvalue weighted by atomic mass is 9.98. The first-order valence-corrected chi connectivity index (χ1v) is 14.8. The molecule has 7 rings (SSSR count). The van der Waals surface area contributed by atoms with Gasteiger partial charge < -0.3 is 24.7 Å². The van der Waals surface area contributed by atoms with Gasteiger partial charge in [0.1, 0.15) is 35.5 Å². The van der Waals surface area contributed by atoms with Crippen LogP contribution in [0.4, 0.5) is 19.5 Å². The van der Waals surface area contributed by atoms with Crippen LogP contribution in [-0.4, -0.2) is 66.5 Å². The average Bonchev–Trinajstić information content (AvgIpc) is 3.45. The Labute approximate surface area is 248 Å². The Kier molecular flexibility index (Phi) is 6.73. The molecule has 2 saturated heterocycles. The smallest absolute Gasteiger partial charge is 0.320 e. The van der Waals surface area contributed by atoms with Crippen molar-refractivity contribution in [1.29, 1.82) is 0 Å². The third-order valence-corrected chi connectivity index (χ3v) is 9.73. The Morgan fingerprint density at radius 3 is 2.74 bits per heavy atom. The van der Waals surface area contributed by atoms with Crippen LogP contribution in [0.5, 0.6) is 17.6 Å². The minimum absolute atomic E-state index is 0.0298. The van der Waals surface area contributed by atoms with Crippen LogP contribution >= 0.6 is 22.9 Å². The maximum atomic E-state index is 16.8. The van der Waals surface area contributed by atoms with Gasteiger partial charge in [-0.1, -0.05) is 17.7 Å². The van der Waals surface area contributed by atoms with Crippen molar-refractivity contribution in [2.24, 2.45) is 5.92 Å². The van der Waals surface area contributed by atoms with Gasteiger partial charge in [-0.25, -0.2) is 13.6 Å². The summed E-state index contributed by atoms with van der Waals surface area (Å²) in [6, 6.07) is 2.70. The van der Waals surface area contributed by atoms with E-state index in [0.717, 1.165) is 30.7 Å². The molecular weight excluding hydrogens is 588 g/mol. The van der Waals surface area contributed by atoms with E-state index in [2.05, 4.69) is 19.7 Å². The van der Waals surface area contributed by atoms with Crippen molar-refractivity contribution < 1.29 is 27.7 Å². The lowest BCUT2D eigenvalue weighted by molar-refractivity contribution is -0.0915. The van der Waals surface area contributed by atoms with Crippen LogP contribution in [0.25, 0.3) is 37.0 Å². The molecule has 2 aromatic carbocycles. The highest BCUT2D eigenvalue weighted by molar-refractivity contribution is 7.23. The molecule has 1 unspecified atom stereocenters. The zero-order chi connectivity index (χ0) is 29.3. The van der Waals surface area contributed by atoms with Gasteiger partial charge in [-0.05, 0) is 45.0 Å². The highest BCUT2D eigenvalue weighted by atomic mass is 35.5. The minimum atomic E-state index is -0.802. The third kappa shape index (κ3) is 4.21. The van der Waals surface area contributed by atoms with E-state index < -0.39 is 17.7 Å². The summed E-state index contributed by atoms with van der Waals surface area (Å²) in [5.74, 6) is -1.08. The fourth-order valence-electron chi connectivity index (χ4n) is 6.04. The number of hydrogen-bond acceptors (Lipinski definition) is 9. The van der Waals surface area contributed by atoms with Crippen molar-refractivity contribution in [2.45, 2.75) is 38.0 Å². The molecule has 9 nitrogen and oxygen atoms in total. The van der Waals surface area contributed by atoms with Gasteiger partial charge >= 0.3 is 6.01 Å². The summed E-state index contributed by atoms with van der Waals surface area (Å²) in [5.41, 5.74) is 6.09. The molecule has 0 saturated carbocycles. The summed E-state index contributed by atoms with van der Waals surface area (Å²) in [6.07, 6.45) is 1.30. The molecule has 42 heavy (non-hydrogen) atoms. The molecule has 3 aliphatic rings. The molecular formula is C29H26ClF2N5O4S. The molecule has 0 aliphatic carbocycles. The largest absolute Gasteiger partial charge is 0.487 e. The van der Waals surface area contributed by atoms with E-state index in [1.807, 2.05) is 14.0 Å². The van der Waals surface area contributed by atoms with Crippen molar-refractivity contribution in [1.82, 2.24) is 14.9 Å². The first-order valence-electron chi connectivity index (χ1n) is 13.6. The summed E-state index contributed by atoms with van der Waals surface area (Å²) in [7, 11) is 2.04. The molecule has 0 spiro atoms. The standard InChI is InChI=1S/C29H26ClF2N5O4S/c1-12(16-5-4-8-37(16)3)40-29-35-23-20-25(39-11-17(13-9-38-10-13)41-28(20)36-29)21(30)18(22(23)32)14-6-7-15(31)26-19(14)24(34-2)27(33)42-26/h6-7,12-13,16-17H,4-5,8-11,33H2,1,3H3/t12-,16-,17?/m0/s1. The number of fused-ring (bicyclic) bond motifs is 1. The quantitative estimate of drug-likeness (QED) is 0.265. The number of nitrogen functional groups attached to an aromatic ring is 1. The monoisotopic (exact) mass is 613 g/mol. The molecule has 0 bridgehead atoms. The van der Waals surface area contributed by atoms with Gasteiger partial charge in [-0.15, -0.1) is 11.3 Å². The van der Waals surface area contributed by atoms with E-state index >= 15 is 4.39 Å². The first-order chi connectivity index (χ1) is 20.3. The van der Waals surface area contributed by atoms with Crippen LogP contribution in [0.15, 0.2) is 12.1 Å². The number of likely N-dealkylation sites (tertiary alicyclic amines) is 1. The van der Waals surface area contributed by atoms with E-state index in [1.54, 1.807) is 0 Å². The van der Waals surface area contributed by atoms with Crippen LogP contribution < -0.4 is 19.9 Å². The van der Waals surface area contributed by atoms with Crippen LogP contribution in [0.3, 0.4) is 0 Å².